The summed E-state index contributed by atoms with van der Waals surface area (Å²) >= 11 is 6.15. The van der Waals surface area contributed by atoms with Gasteiger partial charge in [0.25, 0.3) is 11.2 Å². The molecule has 1 aliphatic heterocycles. The van der Waals surface area contributed by atoms with Gasteiger partial charge in [-0.1, -0.05) is 11.6 Å². The van der Waals surface area contributed by atoms with E-state index >= 15 is 0 Å². The predicted octanol–water partition coefficient (Wildman–Crippen LogP) is 1.37. The van der Waals surface area contributed by atoms with Crippen molar-refractivity contribution in [3.8, 4) is 5.69 Å². The van der Waals surface area contributed by atoms with Crippen LogP contribution in [0.2, 0.25) is 5.02 Å². The van der Waals surface area contributed by atoms with Crippen molar-refractivity contribution in [2.45, 2.75) is 12.5 Å². The Kier molecular flexibility index (Phi) is 4.01. The van der Waals surface area contributed by atoms with E-state index < -0.39 is 16.6 Å². The number of β-amino-alcohol motifs (C(OH)–C–C–N with tert-alkyl or cyclic N) is 1. The van der Waals surface area contributed by atoms with Gasteiger partial charge in [-0.15, -0.1) is 0 Å². The number of aliphatic hydroxyl groups is 1. The molecule has 1 fully saturated rings. The highest BCUT2D eigenvalue weighted by atomic mass is 35.5. The highest BCUT2D eigenvalue weighted by molar-refractivity contribution is 6.33. The molecule has 2 aromatic rings. The summed E-state index contributed by atoms with van der Waals surface area (Å²) in [4.78, 5) is 24.3. The molecule has 8 nitrogen and oxygen atoms in total. The lowest BCUT2D eigenvalue weighted by Crippen LogP contribution is -2.28. The second-order valence-electron chi connectivity index (χ2n) is 5.22. The number of nitrogens with zero attached hydrogens (tertiary/aromatic N) is 4. The number of hydrogen-bond acceptors (Lipinski definition) is 6. The highest BCUT2D eigenvalue weighted by Gasteiger charge is 2.24. The van der Waals surface area contributed by atoms with Gasteiger partial charge in [-0.25, -0.2) is 0 Å². The van der Waals surface area contributed by atoms with Gasteiger partial charge in [-0.3, -0.25) is 14.9 Å². The van der Waals surface area contributed by atoms with E-state index in [1.807, 2.05) is 4.90 Å². The number of non-ortho nitro benzene ring substituents is 1. The standard InChI is InChI=1S/C14H13ClN4O4/c15-13-12(17-6-5-11(20)8-17)7-16-18(14(13)21)9-1-3-10(4-2-9)19(22)23/h1-4,7,11,20H,5-6,8H2/t11-/m1/s1. The summed E-state index contributed by atoms with van der Waals surface area (Å²) in [5, 5.41) is 24.3. The SMILES string of the molecule is O=c1c(Cl)c(N2CC[C@@H](O)C2)cnn1-c1ccc([N+](=O)[O-])cc1. The quantitative estimate of drug-likeness (QED) is 0.671. The van der Waals surface area contributed by atoms with Gasteiger partial charge in [-0.05, 0) is 18.6 Å². The van der Waals surface area contributed by atoms with Gasteiger partial charge in [0.2, 0.25) is 0 Å². The van der Waals surface area contributed by atoms with Crippen LogP contribution in [-0.2, 0) is 0 Å². The number of nitro benzene ring substituents is 1. The van der Waals surface area contributed by atoms with Crippen molar-refractivity contribution in [3.05, 3.63) is 56.0 Å². The second kappa shape index (κ2) is 5.98. The number of anilines is 1. The molecule has 23 heavy (non-hydrogen) atoms. The molecule has 0 spiro atoms. The first-order chi connectivity index (χ1) is 11.0. The molecule has 3 rings (SSSR count). The Morgan fingerprint density at radius 2 is 2.04 bits per heavy atom. The molecule has 1 N–H and O–H groups in total. The van der Waals surface area contributed by atoms with Gasteiger partial charge >= 0.3 is 0 Å². The Bertz CT molecular complexity index is 805. The van der Waals surface area contributed by atoms with Crippen molar-refractivity contribution in [2.75, 3.05) is 18.0 Å². The molecule has 1 aromatic heterocycles. The fourth-order valence-electron chi connectivity index (χ4n) is 2.50. The van der Waals surface area contributed by atoms with E-state index in [4.69, 9.17) is 11.6 Å². The monoisotopic (exact) mass is 336 g/mol. The summed E-state index contributed by atoms with van der Waals surface area (Å²) < 4.78 is 1.09. The van der Waals surface area contributed by atoms with Gasteiger partial charge in [0, 0.05) is 25.2 Å². The predicted molar refractivity (Wildman–Crippen MR) is 84.3 cm³/mol. The smallest absolute Gasteiger partial charge is 0.292 e. The third-order valence-corrected chi connectivity index (χ3v) is 4.06. The third kappa shape index (κ3) is 2.90. The molecule has 0 bridgehead atoms. The summed E-state index contributed by atoms with van der Waals surface area (Å²) in [7, 11) is 0. The first kappa shape index (κ1) is 15.4. The molecule has 120 valence electrons. The molecule has 9 heteroatoms. The van der Waals surface area contributed by atoms with Crippen LogP contribution in [0.4, 0.5) is 11.4 Å². The number of rotatable bonds is 3. The Balaban J connectivity index is 1.97. The lowest BCUT2D eigenvalue weighted by atomic mass is 10.3. The number of benzene rings is 1. The Labute approximate surface area is 135 Å². The zero-order valence-electron chi connectivity index (χ0n) is 11.9. The third-order valence-electron chi connectivity index (χ3n) is 3.71. The van der Waals surface area contributed by atoms with Crippen LogP contribution < -0.4 is 10.5 Å². The van der Waals surface area contributed by atoms with Crippen molar-refractivity contribution in [3.63, 3.8) is 0 Å². The van der Waals surface area contributed by atoms with E-state index in [0.717, 1.165) is 4.68 Å². The van der Waals surface area contributed by atoms with E-state index in [0.29, 0.717) is 30.9 Å². The van der Waals surface area contributed by atoms with Crippen LogP contribution in [0.1, 0.15) is 6.42 Å². The van der Waals surface area contributed by atoms with Crippen LogP contribution in [0.3, 0.4) is 0 Å². The molecule has 1 saturated heterocycles. The molecule has 1 atom stereocenters. The lowest BCUT2D eigenvalue weighted by molar-refractivity contribution is -0.384. The fourth-order valence-corrected chi connectivity index (χ4v) is 2.75. The number of nitro groups is 1. The molecule has 1 aliphatic rings. The van der Waals surface area contributed by atoms with Crippen LogP contribution >= 0.6 is 11.6 Å². The number of halogens is 1. The highest BCUT2D eigenvalue weighted by Crippen LogP contribution is 2.25. The molecule has 0 aliphatic carbocycles. The summed E-state index contributed by atoms with van der Waals surface area (Å²) in [6.45, 7) is 1.01. The lowest BCUT2D eigenvalue weighted by Gasteiger charge is -2.19. The van der Waals surface area contributed by atoms with Crippen molar-refractivity contribution in [1.29, 1.82) is 0 Å². The fraction of sp³-hybridized carbons (Fsp3) is 0.286. The van der Waals surface area contributed by atoms with Gasteiger partial charge in [-0.2, -0.15) is 9.78 Å². The number of aromatic nitrogens is 2. The largest absolute Gasteiger partial charge is 0.391 e. The first-order valence-electron chi connectivity index (χ1n) is 6.93. The minimum atomic E-state index is -0.519. The van der Waals surface area contributed by atoms with Crippen molar-refractivity contribution >= 4 is 23.0 Å². The minimum Gasteiger partial charge on any atom is -0.391 e. The zero-order chi connectivity index (χ0) is 16.6. The van der Waals surface area contributed by atoms with E-state index in [1.54, 1.807) is 0 Å². The molecule has 0 unspecified atom stereocenters. The average molecular weight is 337 g/mol. The maximum absolute atomic E-state index is 12.4. The van der Waals surface area contributed by atoms with E-state index in [2.05, 4.69) is 5.10 Å². The topological polar surface area (TPSA) is 102 Å². The first-order valence-corrected chi connectivity index (χ1v) is 7.31. The van der Waals surface area contributed by atoms with Crippen molar-refractivity contribution in [1.82, 2.24) is 9.78 Å². The van der Waals surface area contributed by atoms with E-state index in [-0.39, 0.29) is 10.7 Å². The zero-order valence-corrected chi connectivity index (χ0v) is 12.7. The molecule has 0 radical (unpaired) electrons. The van der Waals surface area contributed by atoms with E-state index in [1.165, 1.54) is 30.5 Å². The summed E-state index contributed by atoms with van der Waals surface area (Å²) in [6, 6.07) is 5.45. The second-order valence-corrected chi connectivity index (χ2v) is 5.60. The molecule has 0 amide bonds. The van der Waals surface area contributed by atoms with Crippen molar-refractivity contribution in [2.24, 2.45) is 0 Å². The maximum atomic E-state index is 12.4. The minimum absolute atomic E-state index is 0.00690. The van der Waals surface area contributed by atoms with E-state index in [9.17, 15) is 20.0 Å². The molecular formula is C14H13ClN4O4. The Morgan fingerprint density at radius 3 is 2.61 bits per heavy atom. The van der Waals surface area contributed by atoms with Gasteiger partial charge < -0.3 is 10.0 Å². The number of aliphatic hydroxyl groups excluding tert-OH is 1. The van der Waals surface area contributed by atoms with Crippen LogP contribution in [-0.4, -0.2) is 39.0 Å². The normalized spacial score (nSPS) is 17.5. The van der Waals surface area contributed by atoms with Gasteiger partial charge in [0.05, 0.1) is 28.6 Å². The molecular weight excluding hydrogens is 324 g/mol. The summed E-state index contributed by atoms with van der Waals surface area (Å²) in [6.07, 6.45) is 1.63. The van der Waals surface area contributed by atoms with Crippen LogP contribution in [0.25, 0.3) is 5.69 Å². The van der Waals surface area contributed by atoms with Gasteiger partial charge in [0.15, 0.2) is 0 Å². The molecule has 2 heterocycles. The average Bonchev–Trinajstić information content (AvgIpc) is 2.96. The Hall–Kier alpha value is -2.45. The number of hydrogen-bond donors (Lipinski definition) is 1. The summed E-state index contributed by atoms with van der Waals surface area (Å²) in [5.41, 5.74) is 0.275. The molecule has 0 saturated carbocycles. The van der Waals surface area contributed by atoms with Crippen molar-refractivity contribution < 1.29 is 10.0 Å². The van der Waals surface area contributed by atoms with Crippen LogP contribution in [0.5, 0.6) is 0 Å². The van der Waals surface area contributed by atoms with Gasteiger partial charge in [0.1, 0.15) is 5.02 Å². The maximum Gasteiger partial charge on any atom is 0.292 e. The summed E-state index contributed by atoms with van der Waals surface area (Å²) in [5.74, 6) is 0. The van der Waals surface area contributed by atoms with Crippen LogP contribution in [0.15, 0.2) is 35.3 Å². The van der Waals surface area contributed by atoms with Crippen LogP contribution in [0, 0.1) is 10.1 Å². The molecule has 1 aromatic carbocycles. The Morgan fingerprint density at radius 1 is 1.35 bits per heavy atom.